The number of aliphatic hydroxyl groups is 1. The molecule has 0 saturated carbocycles. The topological polar surface area (TPSA) is 46.5 Å². The predicted molar refractivity (Wildman–Crippen MR) is 79.8 cm³/mol. The SMILES string of the molecule is CCOC(=O)C(CSCc1ccccc1)C(O)(C(F)(F)F)C(F)(F)F. The average Bonchev–Trinajstić information content (AvgIpc) is 2.50. The van der Waals surface area contributed by atoms with E-state index in [1.807, 2.05) is 0 Å². The van der Waals surface area contributed by atoms with Gasteiger partial charge >= 0.3 is 18.3 Å². The Bertz CT molecular complexity index is 545. The van der Waals surface area contributed by atoms with Gasteiger partial charge in [0, 0.05) is 11.5 Å². The van der Waals surface area contributed by atoms with Gasteiger partial charge in [0.2, 0.25) is 0 Å². The van der Waals surface area contributed by atoms with Gasteiger partial charge in [0.05, 0.1) is 6.61 Å². The zero-order chi connectivity index (χ0) is 19.3. The van der Waals surface area contributed by atoms with E-state index in [0.29, 0.717) is 17.3 Å². The molecule has 25 heavy (non-hydrogen) atoms. The third-order valence-corrected chi connectivity index (χ3v) is 4.44. The Balaban J connectivity index is 3.07. The highest BCUT2D eigenvalue weighted by Gasteiger charge is 2.75. The van der Waals surface area contributed by atoms with Gasteiger partial charge in [0.25, 0.3) is 5.60 Å². The third-order valence-electron chi connectivity index (χ3n) is 3.34. The molecule has 0 heterocycles. The summed E-state index contributed by atoms with van der Waals surface area (Å²) < 4.78 is 82.4. The minimum Gasteiger partial charge on any atom is -0.466 e. The number of ether oxygens (including phenoxy) is 1. The lowest BCUT2D eigenvalue weighted by atomic mass is 9.87. The van der Waals surface area contributed by atoms with Crippen LogP contribution in [0, 0.1) is 5.92 Å². The maximum absolute atomic E-state index is 13.0. The van der Waals surface area contributed by atoms with Gasteiger partial charge < -0.3 is 9.84 Å². The van der Waals surface area contributed by atoms with Crippen molar-refractivity contribution >= 4 is 17.7 Å². The molecule has 0 aliphatic heterocycles. The van der Waals surface area contributed by atoms with Gasteiger partial charge in [-0.1, -0.05) is 30.3 Å². The van der Waals surface area contributed by atoms with Crippen molar-refractivity contribution in [1.82, 2.24) is 0 Å². The molecular formula is C15H16F6O3S. The summed E-state index contributed by atoms with van der Waals surface area (Å²) in [7, 11) is 0. The first-order valence-corrected chi connectivity index (χ1v) is 8.24. The van der Waals surface area contributed by atoms with Crippen LogP contribution >= 0.6 is 11.8 Å². The normalized spacial score (nSPS) is 14.2. The van der Waals surface area contributed by atoms with Crippen LogP contribution in [-0.2, 0) is 15.3 Å². The van der Waals surface area contributed by atoms with E-state index in [2.05, 4.69) is 4.74 Å². The summed E-state index contributed by atoms with van der Waals surface area (Å²) >= 11 is 0.667. The summed E-state index contributed by atoms with van der Waals surface area (Å²) in [5.41, 5.74) is -4.53. The molecule has 10 heteroatoms. The summed E-state index contributed by atoms with van der Waals surface area (Å²) in [6.07, 6.45) is -12.2. The first-order valence-electron chi connectivity index (χ1n) is 7.09. The largest absolute Gasteiger partial charge is 0.466 e. The van der Waals surface area contributed by atoms with Gasteiger partial charge in [-0.3, -0.25) is 4.79 Å². The van der Waals surface area contributed by atoms with E-state index in [4.69, 9.17) is 0 Å². The quantitative estimate of drug-likeness (QED) is 0.566. The van der Waals surface area contributed by atoms with Crippen LogP contribution in [0.3, 0.4) is 0 Å². The van der Waals surface area contributed by atoms with Crippen LogP contribution in [0.5, 0.6) is 0 Å². The highest BCUT2D eigenvalue weighted by Crippen LogP contribution is 2.49. The molecule has 0 fully saturated rings. The molecule has 1 aromatic carbocycles. The summed E-state index contributed by atoms with van der Waals surface area (Å²) in [6, 6.07) is 8.26. The van der Waals surface area contributed by atoms with Crippen LogP contribution < -0.4 is 0 Å². The third kappa shape index (κ3) is 5.04. The fourth-order valence-corrected chi connectivity index (χ4v) is 3.19. The highest BCUT2D eigenvalue weighted by atomic mass is 32.2. The van der Waals surface area contributed by atoms with E-state index < -0.39 is 42.2 Å². The number of hydrogen-bond donors (Lipinski definition) is 1. The Hall–Kier alpha value is -1.42. The van der Waals surface area contributed by atoms with E-state index in [-0.39, 0.29) is 5.75 Å². The van der Waals surface area contributed by atoms with Crippen molar-refractivity contribution in [3.63, 3.8) is 0 Å². The van der Waals surface area contributed by atoms with Crippen LogP contribution in [0.4, 0.5) is 26.3 Å². The van der Waals surface area contributed by atoms with E-state index in [1.165, 1.54) is 6.92 Å². The Labute approximate surface area is 144 Å². The zero-order valence-electron chi connectivity index (χ0n) is 13.0. The Morgan fingerprint density at radius 1 is 1.12 bits per heavy atom. The molecule has 0 bridgehead atoms. The Kier molecular flexibility index (Phi) is 7.18. The first kappa shape index (κ1) is 21.6. The van der Waals surface area contributed by atoms with Gasteiger partial charge in [-0.05, 0) is 12.5 Å². The van der Waals surface area contributed by atoms with Crippen molar-refractivity contribution in [2.75, 3.05) is 12.4 Å². The van der Waals surface area contributed by atoms with Gasteiger partial charge in [0.1, 0.15) is 5.92 Å². The summed E-state index contributed by atoms with van der Waals surface area (Å²) in [4.78, 5) is 11.7. The molecule has 142 valence electrons. The maximum Gasteiger partial charge on any atom is 0.427 e. The van der Waals surface area contributed by atoms with Gasteiger partial charge in [-0.25, -0.2) is 0 Å². The zero-order valence-corrected chi connectivity index (χ0v) is 13.8. The molecule has 0 aliphatic rings. The molecule has 1 rings (SSSR count). The standard InChI is InChI=1S/C15H16F6O3S/c1-2-24-12(22)11(9-25-8-10-6-4-3-5-7-10)13(23,14(16,17)18)15(19,20)21/h3-7,11,23H,2,8-9H2,1H3. The molecule has 1 unspecified atom stereocenters. The maximum atomic E-state index is 13.0. The number of alkyl halides is 6. The lowest BCUT2D eigenvalue weighted by Gasteiger charge is -2.37. The minimum atomic E-state index is -6.09. The van der Waals surface area contributed by atoms with Crippen molar-refractivity contribution in [2.45, 2.75) is 30.6 Å². The average molecular weight is 390 g/mol. The number of hydrogen-bond acceptors (Lipinski definition) is 4. The highest BCUT2D eigenvalue weighted by molar-refractivity contribution is 7.98. The van der Waals surface area contributed by atoms with E-state index >= 15 is 0 Å². The van der Waals surface area contributed by atoms with Crippen molar-refractivity contribution in [3.8, 4) is 0 Å². The molecule has 1 atom stereocenters. The molecule has 0 aliphatic carbocycles. The number of rotatable bonds is 7. The fraction of sp³-hybridized carbons (Fsp3) is 0.533. The second-order valence-electron chi connectivity index (χ2n) is 5.07. The van der Waals surface area contributed by atoms with Crippen molar-refractivity contribution < 1.29 is 41.0 Å². The van der Waals surface area contributed by atoms with Gasteiger partial charge in [-0.2, -0.15) is 38.1 Å². The Morgan fingerprint density at radius 2 is 1.64 bits per heavy atom. The minimum absolute atomic E-state index is 0.0720. The van der Waals surface area contributed by atoms with Crippen LogP contribution in [0.1, 0.15) is 12.5 Å². The number of benzene rings is 1. The smallest absolute Gasteiger partial charge is 0.427 e. The molecule has 0 radical (unpaired) electrons. The predicted octanol–water partition coefficient (Wildman–Crippen LogP) is 3.95. The van der Waals surface area contributed by atoms with E-state index in [9.17, 15) is 36.2 Å². The number of halogens is 6. The molecule has 3 nitrogen and oxygen atoms in total. The number of esters is 1. The Morgan fingerprint density at radius 3 is 2.08 bits per heavy atom. The van der Waals surface area contributed by atoms with Crippen LogP contribution in [0.25, 0.3) is 0 Å². The van der Waals surface area contributed by atoms with Crippen molar-refractivity contribution in [3.05, 3.63) is 35.9 Å². The second kappa shape index (κ2) is 8.31. The van der Waals surface area contributed by atoms with Gasteiger partial charge in [-0.15, -0.1) is 0 Å². The van der Waals surface area contributed by atoms with Crippen molar-refractivity contribution in [2.24, 2.45) is 5.92 Å². The van der Waals surface area contributed by atoms with Crippen LogP contribution in [0.2, 0.25) is 0 Å². The fourth-order valence-electron chi connectivity index (χ4n) is 2.03. The van der Waals surface area contributed by atoms with Gasteiger partial charge in [0.15, 0.2) is 0 Å². The van der Waals surface area contributed by atoms with Crippen LogP contribution in [-0.4, -0.2) is 41.4 Å². The molecule has 1 N–H and O–H groups in total. The molecule has 0 amide bonds. The summed E-state index contributed by atoms with van der Waals surface area (Å²) in [5.74, 6) is -5.42. The molecular weight excluding hydrogens is 374 g/mol. The second-order valence-corrected chi connectivity index (χ2v) is 6.10. The molecule has 0 spiro atoms. The first-order chi connectivity index (χ1) is 11.4. The molecule has 0 aromatic heterocycles. The summed E-state index contributed by atoms with van der Waals surface area (Å²) in [5, 5.41) is 9.47. The lowest BCUT2D eigenvalue weighted by Crippen LogP contribution is -2.64. The lowest BCUT2D eigenvalue weighted by molar-refractivity contribution is -0.380. The van der Waals surface area contributed by atoms with Crippen molar-refractivity contribution in [1.29, 1.82) is 0 Å². The van der Waals surface area contributed by atoms with E-state index in [0.717, 1.165) is 0 Å². The monoisotopic (exact) mass is 390 g/mol. The molecule has 1 aromatic rings. The van der Waals surface area contributed by atoms with E-state index in [1.54, 1.807) is 30.3 Å². The van der Waals surface area contributed by atoms with Crippen LogP contribution in [0.15, 0.2) is 30.3 Å². The molecule has 0 saturated heterocycles. The number of carbonyl (C=O) groups excluding carboxylic acids is 1. The number of thioether (sulfide) groups is 1. The number of carbonyl (C=O) groups is 1. The summed E-state index contributed by atoms with van der Waals surface area (Å²) in [6.45, 7) is 0.830.